The van der Waals surface area contributed by atoms with Gasteiger partial charge in [0, 0.05) is 32.1 Å². The Labute approximate surface area is 176 Å². The highest BCUT2D eigenvalue weighted by molar-refractivity contribution is 5.77. The molecule has 0 aliphatic heterocycles. The van der Waals surface area contributed by atoms with E-state index in [4.69, 9.17) is 5.26 Å². The van der Waals surface area contributed by atoms with E-state index in [-0.39, 0.29) is 37.6 Å². The zero-order valence-electron chi connectivity index (χ0n) is 16.4. The summed E-state index contributed by atoms with van der Waals surface area (Å²) < 4.78 is 38.4. The molecule has 0 radical (unpaired) electrons. The fraction of sp³-hybridized carbons (Fsp3) is 0.238. The number of carbonyl (C=O) groups excluding carboxylic acids is 1. The number of alkyl halides is 3. The Morgan fingerprint density at radius 1 is 1.29 bits per heavy atom. The lowest BCUT2D eigenvalue weighted by Crippen LogP contribution is -2.32. The molecule has 31 heavy (non-hydrogen) atoms. The van der Waals surface area contributed by atoms with Crippen LogP contribution in [0.15, 0.2) is 55.1 Å². The van der Waals surface area contributed by atoms with Crippen LogP contribution < -0.4 is 5.32 Å². The average molecular weight is 432 g/mol. The lowest BCUT2D eigenvalue weighted by molar-refractivity contribution is -0.384. The summed E-state index contributed by atoms with van der Waals surface area (Å²) in [6.45, 7) is 4.08. The van der Waals surface area contributed by atoms with Crippen LogP contribution in [0, 0.1) is 21.4 Å². The van der Waals surface area contributed by atoms with Gasteiger partial charge in [0.15, 0.2) is 0 Å². The van der Waals surface area contributed by atoms with Crippen LogP contribution in [-0.2, 0) is 17.5 Å². The van der Waals surface area contributed by atoms with E-state index in [1.807, 2.05) is 6.07 Å². The molecule has 1 amide bonds. The second-order valence-electron chi connectivity index (χ2n) is 6.54. The molecule has 2 aromatic carbocycles. The van der Waals surface area contributed by atoms with Crippen LogP contribution >= 0.6 is 0 Å². The van der Waals surface area contributed by atoms with Crippen LogP contribution in [0.5, 0.6) is 0 Å². The number of nitrogens with zero attached hydrogens (tertiary/aromatic N) is 3. The van der Waals surface area contributed by atoms with Crippen molar-refractivity contribution in [3.05, 3.63) is 81.9 Å². The molecule has 0 atom stereocenters. The van der Waals surface area contributed by atoms with Crippen molar-refractivity contribution in [1.82, 2.24) is 4.90 Å². The highest BCUT2D eigenvalue weighted by Gasteiger charge is 2.33. The molecular formula is C21H19F3N4O3. The van der Waals surface area contributed by atoms with Gasteiger partial charge in [-0.25, -0.2) is 0 Å². The molecule has 0 spiro atoms. The molecule has 7 nitrogen and oxygen atoms in total. The second-order valence-corrected chi connectivity index (χ2v) is 6.54. The fourth-order valence-corrected chi connectivity index (χ4v) is 2.84. The molecule has 10 heteroatoms. The van der Waals surface area contributed by atoms with E-state index >= 15 is 0 Å². The highest BCUT2D eigenvalue weighted by Crippen LogP contribution is 2.34. The largest absolute Gasteiger partial charge is 0.416 e. The first-order valence-electron chi connectivity index (χ1n) is 9.13. The summed E-state index contributed by atoms with van der Waals surface area (Å²) in [5.41, 5.74) is -0.751. The number of rotatable bonds is 9. The molecule has 0 unspecified atom stereocenters. The van der Waals surface area contributed by atoms with Crippen LogP contribution in [0.1, 0.15) is 23.1 Å². The van der Waals surface area contributed by atoms with Crippen LogP contribution in [0.4, 0.5) is 24.5 Å². The minimum Gasteiger partial charge on any atom is -0.379 e. The number of nitro groups is 1. The molecular weight excluding hydrogens is 413 g/mol. The van der Waals surface area contributed by atoms with Crippen molar-refractivity contribution in [3.8, 4) is 6.07 Å². The molecule has 0 fully saturated rings. The maximum Gasteiger partial charge on any atom is 0.416 e. The quantitative estimate of drug-likeness (QED) is 0.357. The monoisotopic (exact) mass is 432 g/mol. The van der Waals surface area contributed by atoms with Crippen molar-refractivity contribution in [3.63, 3.8) is 0 Å². The molecule has 2 rings (SSSR count). The molecule has 0 aliphatic rings. The predicted molar refractivity (Wildman–Crippen MR) is 108 cm³/mol. The number of benzene rings is 2. The first-order chi connectivity index (χ1) is 14.7. The molecule has 162 valence electrons. The Balaban J connectivity index is 2.05. The highest BCUT2D eigenvalue weighted by atomic mass is 19.4. The summed E-state index contributed by atoms with van der Waals surface area (Å²) in [5, 5.41) is 22.8. The van der Waals surface area contributed by atoms with E-state index in [1.165, 1.54) is 4.90 Å². The van der Waals surface area contributed by atoms with Crippen molar-refractivity contribution >= 4 is 17.3 Å². The number of hydrogen-bond donors (Lipinski definition) is 1. The number of nitrogens with one attached hydrogen (secondary N) is 1. The van der Waals surface area contributed by atoms with Gasteiger partial charge in [-0.05, 0) is 29.8 Å². The fourth-order valence-electron chi connectivity index (χ4n) is 2.84. The van der Waals surface area contributed by atoms with Crippen molar-refractivity contribution in [2.45, 2.75) is 19.1 Å². The maximum absolute atomic E-state index is 12.8. The third-order valence-electron chi connectivity index (χ3n) is 4.31. The SMILES string of the molecule is C=CCN(Cc1cccc(C#N)c1)C(=O)CCNc1ccc(C(F)(F)F)cc1[N+](=O)[O-]. The zero-order chi connectivity index (χ0) is 23.0. The van der Waals surface area contributed by atoms with Crippen LogP contribution in [0.2, 0.25) is 0 Å². The number of nitro benzene ring substituents is 1. The zero-order valence-corrected chi connectivity index (χ0v) is 16.4. The van der Waals surface area contributed by atoms with Gasteiger partial charge in [-0.15, -0.1) is 6.58 Å². The van der Waals surface area contributed by atoms with Crippen molar-refractivity contribution < 1.29 is 22.9 Å². The third-order valence-corrected chi connectivity index (χ3v) is 4.31. The average Bonchev–Trinajstić information content (AvgIpc) is 2.72. The first-order valence-corrected chi connectivity index (χ1v) is 9.13. The first kappa shape index (κ1) is 23.4. The van der Waals surface area contributed by atoms with Crippen LogP contribution in [0.3, 0.4) is 0 Å². The maximum atomic E-state index is 12.8. The summed E-state index contributed by atoms with van der Waals surface area (Å²) in [6.07, 6.45) is -3.21. The number of amides is 1. The Morgan fingerprint density at radius 2 is 2.03 bits per heavy atom. The predicted octanol–water partition coefficient (Wildman–Crippen LogP) is 4.50. The Bertz CT molecular complexity index is 1020. The van der Waals surface area contributed by atoms with Crippen molar-refractivity contribution in [2.75, 3.05) is 18.4 Å². The molecule has 0 saturated heterocycles. The Morgan fingerprint density at radius 3 is 2.65 bits per heavy atom. The van der Waals surface area contributed by atoms with E-state index < -0.39 is 22.4 Å². The molecule has 2 aromatic rings. The molecule has 0 aromatic heterocycles. The van der Waals surface area contributed by atoms with Crippen molar-refractivity contribution in [1.29, 1.82) is 5.26 Å². The van der Waals surface area contributed by atoms with Gasteiger partial charge < -0.3 is 10.2 Å². The molecule has 0 bridgehead atoms. The van der Waals surface area contributed by atoms with Crippen molar-refractivity contribution in [2.24, 2.45) is 0 Å². The summed E-state index contributed by atoms with van der Waals surface area (Å²) in [7, 11) is 0. The van der Waals surface area contributed by atoms with Gasteiger partial charge >= 0.3 is 6.18 Å². The Kier molecular flexibility index (Phi) is 7.74. The number of hydrogen-bond acceptors (Lipinski definition) is 5. The second kappa shape index (κ2) is 10.2. The van der Waals surface area contributed by atoms with Gasteiger partial charge in [-0.2, -0.15) is 18.4 Å². The van der Waals surface area contributed by atoms with Crippen LogP contribution in [0.25, 0.3) is 0 Å². The molecule has 0 heterocycles. The van der Waals surface area contributed by atoms with E-state index in [1.54, 1.807) is 30.3 Å². The van der Waals surface area contributed by atoms with Gasteiger partial charge in [0.25, 0.3) is 5.69 Å². The smallest absolute Gasteiger partial charge is 0.379 e. The summed E-state index contributed by atoms with van der Waals surface area (Å²) in [4.78, 5) is 24.3. The van der Waals surface area contributed by atoms with Crippen LogP contribution in [-0.4, -0.2) is 28.8 Å². The number of carbonyl (C=O) groups is 1. The minimum atomic E-state index is -4.70. The topological polar surface area (TPSA) is 99.3 Å². The van der Waals surface area contributed by atoms with Gasteiger partial charge in [0.05, 0.1) is 22.1 Å². The number of halogens is 3. The van der Waals surface area contributed by atoms with Gasteiger partial charge in [0.2, 0.25) is 5.91 Å². The third kappa shape index (κ3) is 6.57. The lowest BCUT2D eigenvalue weighted by Gasteiger charge is -2.21. The summed E-state index contributed by atoms with van der Waals surface area (Å²) >= 11 is 0. The minimum absolute atomic E-state index is 0.0169. The molecule has 0 aliphatic carbocycles. The standard InChI is InChI=1S/C21H19F3N4O3/c1-2-10-27(14-16-5-3-4-15(11-16)13-25)20(29)8-9-26-18-7-6-17(21(22,23)24)12-19(18)28(30)31/h2-7,11-12,26H,1,8-10,14H2. The normalized spacial score (nSPS) is 10.8. The summed E-state index contributed by atoms with van der Waals surface area (Å²) in [5.74, 6) is -0.288. The van der Waals surface area contributed by atoms with E-state index in [9.17, 15) is 28.1 Å². The summed E-state index contributed by atoms with van der Waals surface area (Å²) in [6, 6.07) is 11.0. The van der Waals surface area contributed by atoms with Gasteiger partial charge in [0.1, 0.15) is 5.69 Å². The van der Waals surface area contributed by atoms with E-state index in [2.05, 4.69) is 11.9 Å². The van der Waals surface area contributed by atoms with Gasteiger partial charge in [-0.1, -0.05) is 18.2 Å². The van der Waals surface area contributed by atoms with Gasteiger partial charge in [-0.3, -0.25) is 14.9 Å². The Hall–Kier alpha value is -3.87. The van der Waals surface area contributed by atoms with E-state index in [0.29, 0.717) is 11.6 Å². The number of anilines is 1. The number of nitriles is 1. The molecule has 1 N–H and O–H groups in total. The van der Waals surface area contributed by atoms with E-state index in [0.717, 1.165) is 17.7 Å². The molecule has 0 saturated carbocycles. The lowest BCUT2D eigenvalue weighted by atomic mass is 10.1.